The highest BCUT2D eigenvalue weighted by Gasteiger charge is 2.36. The fourth-order valence-electron chi connectivity index (χ4n) is 4.58. The molecule has 0 saturated carbocycles. The minimum Gasteiger partial charge on any atom is -0.496 e. The van der Waals surface area contributed by atoms with Gasteiger partial charge in [0, 0.05) is 40.8 Å². The number of methoxy groups -OCH3 is 1. The number of carboxylic acid groups (broad SMARTS) is 1. The monoisotopic (exact) mass is 441 g/mol. The lowest BCUT2D eigenvalue weighted by molar-refractivity contribution is 0.0696. The minimum atomic E-state index is -0.957. The number of aromatic carboxylic acids is 1. The van der Waals surface area contributed by atoms with E-state index >= 15 is 0 Å². The van der Waals surface area contributed by atoms with Crippen LogP contribution in [0.2, 0.25) is 0 Å². The van der Waals surface area contributed by atoms with E-state index in [4.69, 9.17) is 4.74 Å². The van der Waals surface area contributed by atoms with E-state index in [1.807, 2.05) is 42.6 Å². The molecule has 0 radical (unpaired) electrons. The predicted octanol–water partition coefficient (Wildman–Crippen LogP) is 4.08. The molecule has 0 spiro atoms. The molecule has 0 amide bonds. The average molecular weight is 441 g/mol. The van der Waals surface area contributed by atoms with Gasteiger partial charge in [0.15, 0.2) is 5.78 Å². The summed E-state index contributed by atoms with van der Waals surface area (Å²) < 4.78 is 5.59. The molecule has 2 aliphatic rings. The first-order valence-electron chi connectivity index (χ1n) is 10.7. The van der Waals surface area contributed by atoms with Crippen LogP contribution in [0.4, 0.5) is 5.69 Å². The molecule has 2 aromatic carbocycles. The van der Waals surface area contributed by atoms with Crippen molar-refractivity contribution in [1.29, 1.82) is 0 Å². The number of nitrogens with one attached hydrogen (secondary N) is 1. The zero-order chi connectivity index (χ0) is 22.9. The number of anilines is 1. The second kappa shape index (κ2) is 8.43. The van der Waals surface area contributed by atoms with E-state index in [9.17, 15) is 14.7 Å². The van der Waals surface area contributed by atoms with Gasteiger partial charge in [-0.25, -0.2) is 4.79 Å². The van der Waals surface area contributed by atoms with Crippen LogP contribution in [0.15, 0.2) is 73.2 Å². The number of aromatic nitrogens is 1. The van der Waals surface area contributed by atoms with Crippen molar-refractivity contribution in [3.05, 3.63) is 89.9 Å². The SMILES string of the molecule is COc1cc(C(=O)C2C=CN3CNc4cc(C(=O)O)ccc4CC23)ccc1-c1cccnc1. The van der Waals surface area contributed by atoms with Crippen molar-refractivity contribution >= 4 is 17.4 Å². The maximum atomic E-state index is 13.5. The Bertz CT molecular complexity index is 1260. The summed E-state index contributed by atoms with van der Waals surface area (Å²) in [5.74, 6) is -0.617. The second-order valence-electron chi connectivity index (χ2n) is 8.19. The highest BCUT2D eigenvalue weighted by Crippen LogP contribution is 2.35. The Balaban J connectivity index is 1.42. The third kappa shape index (κ3) is 3.82. The lowest BCUT2D eigenvalue weighted by Crippen LogP contribution is -2.37. The van der Waals surface area contributed by atoms with E-state index < -0.39 is 5.97 Å². The van der Waals surface area contributed by atoms with E-state index in [0.717, 1.165) is 22.4 Å². The topological polar surface area (TPSA) is 91.8 Å². The quantitative estimate of drug-likeness (QED) is 0.577. The number of carbonyl (C=O) groups is 2. The van der Waals surface area contributed by atoms with Gasteiger partial charge in [-0.15, -0.1) is 0 Å². The Hall–Kier alpha value is -4.13. The molecule has 1 aromatic heterocycles. The van der Waals surface area contributed by atoms with Crippen LogP contribution < -0.4 is 10.1 Å². The Morgan fingerprint density at radius 2 is 2.00 bits per heavy atom. The first-order chi connectivity index (χ1) is 16.0. The molecule has 2 atom stereocenters. The molecule has 2 N–H and O–H groups in total. The smallest absolute Gasteiger partial charge is 0.335 e. The molecule has 2 aliphatic heterocycles. The van der Waals surface area contributed by atoms with Gasteiger partial charge in [-0.1, -0.05) is 24.3 Å². The maximum absolute atomic E-state index is 13.5. The summed E-state index contributed by atoms with van der Waals surface area (Å²) in [4.78, 5) is 31.1. The van der Waals surface area contributed by atoms with Gasteiger partial charge in [0.2, 0.25) is 0 Å². The Labute approximate surface area is 191 Å². The van der Waals surface area contributed by atoms with Gasteiger partial charge < -0.3 is 20.1 Å². The zero-order valence-corrected chi connectivity index (χ0v) is 18.1. The molecule has 33 heavy (non-hydrogen) atoms. The van der Waals surface area contributed by atoms with Crippen molar-refractivity contribution in [3.63, 3.8) is 0 Å². The molecule has 3 aromatic rings. The summed E-state index contributed by atoms with van der Waals surface area (Å²) in [5, 5.41) is 12.6. The highest BCUT2D eigenvalue weighted by molar-refractivity contribution is 6.00. The van der Waals surface area contributed by atoms with Crippen molar-refractivity contribution in [1.82, 2.24) is 9.88 Å². The molecular formula is C26H23N3O4. The molecule has 0 aliphatic carbocycles. The van der Waals surface area contributed by atoms with Crippen LogP contribution in [0.1, 0.15) is 26.3 Å². The molecule has 166 valence electrons. The third-order valence-corrected chi connectivity index (χ3v) is 6.32. The number of carboxylic acids is 1. The Kier molecular flexibility index (Phi) is 5.30. The van der Waals surface area contributed by atoms with Crippen LogP contribution in [-0.4, -0.2) is 46.6 Å². The fraction of sp³-hybridized carbons (Fsp3) is 0.192. The van der Waals surface area contributed by atoms with Crippen LogP contribution in [0, 0.1) is 5.92 Å². The van der Waals surface area contributed by atoms with Crippen LogP contribution in [0.25, 0.3) is 11.1 Å². The average Bonchev–Trinajstić information content (AvgIpc) is 3.15. The summed E-state index contributed by atoms with van der Waals surface area (Å²) >= 11 is 0. The number of hydrogen-bond donors (Lipinski definition) is 2. The van der Waals surface area contributed by atoms with Crippen molar-refractivity contribution in [2.75, 3.05) is 19.1 Å². The van der Waals surface area contributed by atoms with Gasteiger partial charge in [0.05, 0.1) is 25.3 Å². The zero-order valence-electron chi connectivity index (χ0n) is 18.1. The largest absolute Gasteiger partial charge is 0.496 e. The second-order valence-corrected chi connectivity index (χ2v) is 8.19. The standard InChI is InChI=1S/C26H23N3O4/c1-33-24-13-17(6-7-20(24)19-3-2-9-27-14-19)25(30)21-8-10-29-15-28-22-11-18(26(31)32)5-4-16(22)12-23(21)29/h2-11,13-14,21,23,28H,12,15H2,1H3,(H,31,32). The summed E-state index contributed by atoms with van der Waals surface area (Å²) in [6.45, 7) is 0.504. The normalized spacial score (nSPS) is 18.6. The van der Waals surface area contributed by atoms with Gasteiger partial charge in [-0.2, -0.15) is 0 Å². The molecule has 0 saturated heterocycles. The van der Waals surface area contributed by atoms with Gasteiger partial charge in [0.25, 0.3) is 0 Å². The summed E-state index contributed by atoms with van der Waals surface area (Å²) in [6, 6.07) is 14.4. The third-order valence-electron chi connectivity index (χ3n) is 6.32. The van der Waals surface area contributed by atoms with Gasteiger partial charge in [-0.3, -0.25) is 9.78 Å². The lowest BCUT2D eigenvalue weighted by atomic mass is 9.87. The van der Waals surface area contributed by atoms with E-state index in [-0.39, 0.29) is 23.3 Å². The number of fused-ring (bicyclic) bond motifs is 2. The van der Waals surface area contributed by atoms with E-state index in [0.29, 0.717) is 24.4 Å². The molecular weight excluding hydrogens is 418 g/mol. The summed E-state index contributed by atoms with van der Waals surface area (Å²) in [7, 11) is 1.60. The summed E-state index contributed by atoms with van der Waals surface area (Å²) in [5.41, 5.74) is 4.44. The molecule has 0 fully saturated rings. The molecule has 5 rings (SSSR count). The van der Waals surface area contributed by atoms with Crippen molar-refractivity contribution in [3.8, 4) is 16.9 Å². The van der Waals surface area contributed by atoms with Crippen LogP contribution in [0.5, 0.6) is 5.75 Å². The van der Waals surface area contributed by atoms with Crippen LogP contribution >= 0.6 is 0 Å². The number of pyridine rings is 1. The van der Waals surface area contributed by atoms with Gasteiger partial charge in [-0.05, 0) is 48.5 Å². The molecule has 3 heterocycles. The van der Waals surface area contributed by atoms with Gasteiger partial charge >= 0.3 is 5.97 Å². The number of rotatable bonds is 5. The predicted molar refractivity (Wildman–Crippen MR) is 124 cm³/mol. The van der Waals surface area contributed by atoms with E-state index in [1.165, 1.54) is 0 Å². The number of ether oxygens (including phenoxy) is 1. The number of ketones is 1. The number of nitrogens with zero attached hydrogens (tertiary/aromatic N) is 2. The molecule has 0 bridgehead atoms. The van der Waals surface area contributed by atoms with Gasteiger partial charge in [0.1, 0.15) is 5.75 Å². The molecule has 7 nitrogen and oxygen atoms in total. The van der Waals surface area contributed by atoms with Crippen LogP contribution in [-0.2, 0) is 6.42 Å². The number of carbonyl (C=O) groups excluding carboxylic acids is 1. The number of hydrogen-bond acceptors (Lipinski definition) is 6. The highest BCUT2D eigenvalue weighted by atomic mass is 16.5. The number of benzene rings is 2. The van der Waals surface area contributed by atoms with E-state index in [2.05, 4.69) is 15.2 Å². The fourth-order valence-corrected chi connectivity index (χ4v) is 4.58. The Morgan fingerprint density at radius 1 is 1.15 bits per heavy atom. The maximum Gasteiger partial charge on any atom is 0.335 e. The van der Waals surface area contributed by atoms with Crippen molar-refractivity contribution in [2.45, 2.75) is 12.5 Å². The van der Waals surface area contributed by atoms with Crippen molar-refractivity contribution in [2.24, 2.45) is 5.92 Å². The molecule has 2 unspecified atom stereocenters. The first-order valence-corrected chi connectivity index (χ1v) is 10.7. The first kappa shape index (κ1) is 20.8. The molecule has 7 heteroatoms. The number of Topliss-reactive ketones (excluding diaryl/α,β-unsaturated/α-hetero) is 1. The Morgan fingerprint density at radius 3 is 2.76 bits per heavy atom. The van der Waals surface area contributed by atoms with E-state index in [1.54, 1.807) is 37.7 Å². The lowest BCUT2D eigenvalue weighted by Gasteiger charge is -2.27. The van der Waals surface area contributed by atoms with Crippen LogP contribution in [0.3, 0.4) is 0 Å². The minimum absolute atomic E-state index is 0.0281. The van der Waals surface area contributed by atoms with Crippen molar-refractivity contribution < 1.29 is 19.4 Å². The summed E-state index contributed by atoms with van der Waals surface area (Å²) in [6.07, 6.45) is 8.02.